The Hall–Kier alpha value is -1.30. The zero-order valence-electron chi connectivity index (χ0n) is 16.5. The molecule has 1 heterocycles. The third-order valence-corrected chi connectivity index (χ3v) is 4.72. The molecule has 0 unspecified atom stereocenters. The predicted octanol–water partition coefficient (Wildman–Crippen LogP) is 1.58. The summed E-state index contributed by atoms with van der Waals surface area (Å²) in [6.07, 6.45) is 3.91. The molecule has 0 spiro atoms. The van der Waals surface area contributed by atoms with Gasteiger partial charge in [-0.3, -0.25) is 14.7 Å². The number of guanidine groups is 1. The second-order valence-electron chi connectivity index (χ2n) is 7.87. The standard InChI is InChI=1S/C18H37N5O/c1-7-20-16(21-13-17(2,3)15(24)19-6)22-14-18(4,5)23-11-9-8-10-12-23/h7-14H2,1-6H3,(H,19,24)(H2,20,21,22). The van der Waals surface area contributed by atoms with E-state index in [9.17, 15) is 4.79 Å². The highest BCUT2D eigenvalue weighted by Crippen LogP contribution is 2.20. The summed E-state index contributed by atoms with van der Waals surface area (Å²) in [7, 11) is 1.67. The second kappa shape index (κ2) is 9.25. The van der Waals surface area contributed by atoms with Crippen LogP contribution < -0.4 is 16.0 Å². The van der Waals surface area contributed by atoms with Gasteiger partial charge in [0.2, 0.25) is 5.91 Å². The van der Waals surface area contributed by atoms with Crippen LogP contribution in [0.2, 0.25) is 0 Å². The van der Waals surface area contributed by atoms with Gasteiger partial charge in [-0.1, -0.05) is 6.42 Å². The molecule has 140 valence electrons. The third-order valence-electron chi connectivity index (χ3n) is 4.72. The first-order valence-corrected chi connectivity index (χ1v) is 9.22. The summed E-state index contributed by atoms with van der Waals surface area (Å²) >= 11 is 0. The summed E-state index contributed by atoms with van der Waals surface area (Å²) in [5.41, 5.74) is -0.424. The van der Waals surface area contributed by atoms with Crippen molar-refractivity contribution in [2.24, 2.45) is 10.4 Å². The summed E-state index contributed by atoms with van der Waals surface area (Å²) in [5.74, 6) is 0.805. The van der Waals surface area contributed by atoms with Crippen molar-refractivity contribution in [3.63, 3.8) is 0 Å². The SMILES string of the molecule is CCNC(=NCC(C)(C)N1CCCCC1)NCC(C)(C)C(=O)NC. The van der Waals surface area contributed by atoms with Gasteiger partial charge in [-0.05, 0) is 60.5 Å². The maximum absolute atomic E-state index is 11.9. The van der Waals surface area contributed by atoms with Crippen molar-refractivity contribution in [1.82, 2.24) is 20.9 Å². The zero-order chi connectivity index (χ0) is 18.2. The molecule has 0 aromatic rings. The number of carbonyl (C=O) groups excluding carboxylic acids is 1. The molecule has 0 aromatic carbocycles. The highest BCUT2D eigenvalue weighted by Gasteiger charge is 2.29. The quantitative estimate of drug-likeness (QED) is 0.487. The van der Waals surface area contributed by atoms with Gasteiger partial charge in [0.05, 0.1) is 12.0 Å². The maximum Gasteiger partial charge on any atom is 0.227 e. The number of hydrogen-bond acceptors (Lipinski definition) is 3. The van der Waals surface area contributed by atoms with Crippen molar-refractivity contribution < 1.29 is 4.79 Å². The van der Waals surface area contributed by atoms with Crippen LogP contribution in [-0.2, 0) is 4.79 Å². The summed E-state index contributed by atoms with van der Waals surface area (Å²) < 4.78 is 0. The molecule has 3 N–H and O–H groups in total. The van der Waals surface area contributed by atoms with Gasteiger partial charge in [0.1, 0.15) is 0 Å². The zero-order valence-corrected chi connectivity index (χ0v) is 16.5. The van der Waals surface area contributed by atoms with Crippen LogP contribution in [0.4, 0.5) is 0 Å². The fourth-order valence-electron chi connectivity index (χ4n) is 2.94. The highest BCUT2D eigenvalue weighted by atomic mass is 16.2. The summed E-state index contributed by atoms with van der Waals surface area (Å²) in [5, 5.41) is 9.30. The Labute approximate surface area is 147 Å². The highest BCUT2D eigenvalue weighted by molar-refractivity contribution is 5.84. The van der Waals surface area contributed by atoms with Crippen molar-refractivity contribution in [2.75, 3.05) is 39.8 Å². The minimum Gasteiger partial charge on any atom is -0.359 e. The van der Waals surface area contributed by atoms with E-state index < -0.39 is 5.41 Å². The first-order valence-electron chi connectivity index (χ1n) is 9.22. The number of aliphatic imine (C=N–C) groups is 1. The lowest BCUT2D eigenvalue weighted by Crippen LogP contribution is -2.50. The first-order chi connectivity index (χ1) is 11.2. The molecule has 0 saturated carbocycles. The normalized spacial score (nSPS) is 17.5. The molecule has 6 nitrogen and oxygen atoms in total. The van der Waals surface area contributed by atoms with Crippen LogP contribution in [0, 0.1) is 5.41 Å². The molecular formula is C18H37N5O. The summed E-state index contributed by atoms with van der Waals surface area (Å²) in [6.45, 7) is 14.9. The lowest BCUT2D eigenvalue weighted by atomic mass is 9.92. The summed E-state index contributed by atoms with van der Waals surface area (Å²) in [6, 6.07) is 0. The maximum atomic E-state index is 11.9. The van der Waals surface area contributed by atoms with Crippen LogP contribution in [0.3, 0.4) is 0 Å². The van der Waals surface area contributed by atoms with E-state index in [1.807, 2.05) is 13.8 Å². The van der Waals surface area contributed by atoms with Gasteiger partial charge in [-0.25, -0.2) is 0 Å². The van der Waals surface area contributed by atoms with Gasteiger partial charge in [0, 0.05) is 25.7 Å². The van der Waals surface area contributed by atoms with Crippen molar-refractivity contribution >= 4 is 11.9 Å². The Morgan fingerprint density at radius 3 is 2.25 bits per heavy atom. The van der Waals surface area contributed by atoms with E-state index in [2.05, 4.69) is 41.6 Å². The fraction of sp³-hybridized carbons (Fsp3) is 0.889. The number of nitrogens with zero attached hydrogens (tertiary/aromatic N) is 2. The molecule has 0 aliphatic carbocycles. The second-order valence-corrected chi connectivity index (χ2v) is 7.87. The number of rotatable bonds is 7. The van der Waals surface area contributed by atoms with E-state index in [1.54, 1.807) is 7.05 Å². The topological polar surface area (TPSA) is 68.8 Å². The van der Waals surface area contributed by atoms with E-state index in [4.69, 9.17) is 4.99 Å². The van der Waals surface area contributed by atoms with Crippen LogP contribution in [0.1, 0.15) is 53.9 Å². The lowest BCUT2D eigenvalue weighted by molar-refractivity contribution is -0.128. The number of carbonyl (C=O) groups is 1. The summed E-state index contributed by atoms with van der Waals surface area (Å²) in [4.78, 5) is 19.2. The molecule has 0 radical (unpaired) electrons. The number of nitrogens with one attached hydrogen (secondary N) is 3. The van der Waals surface area contributed by atoms with E-state index in [0.29, 0.717) is 6.54 Å². The third kappa shape index (κ3) is 6.30. The van der Waals surface area contributed by atoms with E-state index in [1.165, 1.54) is 19.3 Å². The molecule has 24 heavy (non-hydrogen) atoms. The van der Waals surface area contributed by atoms with Crippen molar-refractivity contribution in [1.29, 1.82) is 0 Å². The lowest BCUT2D eigenvalue weighted by Gasteiger charge is -2.40. The molecule has 1 saturated heterocycles. The Morgan fingerprint density at radius 2 is 1.71 bits per heavy atom. The molecule has 1 aliphatic rings. The van der Waals surface area contributed by atoms with Gasteiger partial charge < -0.3 is 16.0 Å². The Kier molecular flexibility index (Phi) is 8.00. The average Bonchev–Trinajstić information content (AvgIpc) is 2.57. The fourth-order valence-corrected chi connectivity index (χ4v) is 2.94. The minimum absolute atomic E-state index is 0.0273. The first kappa shape index (κ1) is 20.7. The molecule has 1 fully saturated rings. The van der Waals surface area contributed by atoms with Crippen LogP contribution in [-0.4, -0.2) is 62.1 Å². The van der Waals surface area contributed by atoms with Crippen LogP contribution in [0.25, 0.3) is 0 Å². The molecule has 1 amide bonds. The molecule has 6 heteroatoms. The molecule has 0 atom stereocenters. The number of piperidine rings is 1. The van der Waals surface area contributed by atoms with E-state index in [-0.39, 0.29) is 11.4 Å². The molecule has 0 aromatic heterocycles. The number of hydrogen-bond donors (Lipinski definition) is 3. The Balaban J connectivity index is 2.65. The molecule has 1 aliphatic heterocycles. The van der Waals surface area contributed by atoms with Gasteiger partial charge in [0.25, 0.3) is 0 Å². The van der Waals surface area contributed by atoms with Gasteiger partial charge in [-0.15, -0.1) is 0 Å². The van der Waals surface area contributed by atoms with Crippen LogP contribution in [0.5, 0.6) is 0 Å². The van der Waals surface area contributed by atoms with Crippen molar-refractivity contribution in [2.45, 2.75) is 59.4 Å². The molecular weight excluding hydrogens is 302 g/mol. The predicted molar refractivity (Wildman–Crippen MR) is 101 cm³/mol. The molecule has 0 bridgehead atoms. The Bertz CT molecular complexity index is 425. The van der Waals surface area contributed by atoms with Crippen molar-refractivity contribution in [3.8, 4) is 0 Å². The minimum atomic E-state index is -0.479. The molecule has 1 rings (SSSR count). The van der Waals surface area contributed by atoms with Crippen LogP contribution >= 0.6 is 0 Å². The number of amides is 1. The van der Waals surface area contributed by atoms with E-state index >= 15 is 0 Å². The number of likely N-dealkylation sites (tertiary alicyclic amines) is 1. The van der Waals surface area contributed by atoms with Crippen LogP contribution in [0.15, 0.2) is 4.99 Å². The Morgan fingerprint density at radius 1 is 1.08 bits per heavy atom. The largest absolute Gasteiger partial charge is 0.359 e. The van der Waals surface area contributed by atoms with Gasteiger partial charge in [-0.2, -0.15) is 0 Å². The van der Waals surface area contributed by atoms with E-state index in [0.717, 1.165) is 32.1 Å². The average molecular weight is 340 g/mol. The van der Waals surface area contributed by atoms with Gasteiger partial charge >= 0.3 is 0 Å². The smallest absolute Gasteiger partial charge is 0.227 e. The monoisotopic (exact) mass is 339 g/mol. The van der Waals surface area contributed by atoms with Gasteiger partial charge in [0.15, 0.2) is 5.96 Å². The van der Waals surface area contributed by atoms with Crippen molar-refractivity contribution in [3.05, 3.63) is 0 Å².